The number of aryl methyl sites for hydroxylation is 2. The molecule has 0 saturated carbocycles. The van der Waals surface area contributed by atoms with Crippen LogP contribution in [-0.4, -0.2) is 0 Å². The maximum Gasteiger partial charge on any atom is 2.00 e. The molecule has 6 heteroatoms. The third-order valence-corrected chi connectivity index (χ3v) is 7.80. The summed E-state index contributed by atoms with van der Waals surface area (Å²) >= 11 is 5.63. The molecule has 0 spiro atoms. The van der Waals surface area contributed by atoms with Crippen LogP contribution in [0, 0.1) is 0 Å². The summed E-state index contributed by atoms with van der Waals surface area (Å²) in [5.41, 5.74) is -1.47. The molecule has 1 rings (SSSR count). The number of hydrogen-bond acceptors (Lipinski definition) is 4. The van der Waals surface area contributed by atoms with Crippen molar-refractivity contribution in [2.45, 2.75) is 109 Å². The van der Waals surface area contributed by atoms with Gasteiger partial charge in [0.05, 0.1) is 0 Å². The molecule has 0 aliphatic carbocycles. The van der Waals surface area contributed by atoms with Crippen LogP contribution in [0.5, 0.6) is 0 Å². The van der Waals surface area contributed by atoms with E-state index in [-0.39, 0.29) is 19.5 Å². The molecule has 0 aromatic heterocycles. The normalized spacial score (nSPS) is 11.4. The SMILES string of the molecule is CCCCCCCCc1cccc(CCCCCCCC)c1SP([O-])([O-])=S.[Zn+2]. The zero-order chi connectivity index (χ0) is 20.0. The van der Waals surface area contributed by atoms with Crippen molar-refractivity contribution in [1.82, 2.24) is 0 Å². The first-order valence-corrected chi connectivity index (χ1v) is 14.9. The van der Waals surface area contributed by atoms with Gasteiger partial charge in [-0.2, -0.15) is 5.69 Å². The van der Waals surface area contributed by atoms with Crippen LogP contribution in [0.4, 0.5) is 0 Å². The molecule has 0 unspecified atom stereocenters. The van der Waals surface area contributed by atoms with Crippen molar-refractivity contribution in [3.63, 3.8) is 0 Å². The standard InChI is InChI=1S/C22H39O2PS2.Zn/c1-3-5-7-9-11-13-16-20-18-15-19-21(22(20)27-25(23,24)26)17-14-12-10-8-6-4-2;/h15,18-19H,3-14,16-17H2,1-2H3,(H2,23,24,26);/q;+2/p-2. The summed E-state index contributed by atoms with van der Waals surface area (Å²) in [7, 11) is 0. The van der Waals surface area contributed by atoms with Crippen molar-refractivity contribution in [3.05, 3.63) is 29.3 Å². The zero-order valence-corrected chi connectivity index (χ0v) is 23.4. The summed E-state index contributed by atoms with van der Waals surface area (Å²) < 4.78 is 0. The molecule has 0 heterocycles. The molecule has 0 amide bonds. The van der Waals surface area contributed by atoms with Gasteiger partial charge >= 0.3 is 19.5 Å². The van der Waals surface area contributed by atoms with Gasteiger partial charge in [-0.05, 0) is 36.8 Å². The topological polar surface area (TPSA) is 46.1 Å². The monoisotopic (exact) mass is 492 g/mol. The maximum absolute atomic E-state index is 11.8. The van der Waals surface area contributed by atoms with Gasteiger partial charge in [-0.1, -0.05) is 96.3 Å². The van der Waals surface area contributed by atoms with Crippen LogP contribution in [0.2, 0.25) is 0 Å². The van der Waals surface area contributed by atoms with Crippen molar-refractivity contribution in [2.75, 3.05) is 0 Å². The van der Waals surface area contributed by atoms with Crippen LogP contribution in [0.25, 0.3) is 0 Å². The Bertz CT molecular complexity index is 529. The van der Waals surface area contributed by atoms with E-state index in [1.165, 1.54) is 75.3 Å². The van der Waals surface area contributed by atoms with Gasteiger partial charge in [0.2, 0.25) is 0 Å². The molecule has 0 N–H and O–H groups in total. The molecule has 156 valence electrons. The van der Waals surface area contributed by atoms with Crippen LogP contribution in [0.3, 0.4) is 0 Å². The number of rotatable bonds is 16. The molecule has 0 radical (unpaired) electrons. The van der Waals surface area contributed by atoms with Crippen LogP contribution >= 0.6 is 17.1 Å². The van der Waals surface area contributed by atoms with E-state index in [0.717, 1.165) is 42.0 Å². The second-order valence-electron chi connectivity index (χ2n) is 7.48. The van der Waals surface area contributed by atoms with Gasteiger partial charge in [0.25, 0.3) is 0 Å². The minimum absolute atomic E-state index is 0. The Labute approximate surface area is 195 Å². The van der Waals surface area contributed by atoms with Crippen molar-refractivity contribution < 1.29 is 29.3 Å². The third-order valence-electron chi connectivity index (χ3n) is 4.98. The van der Waals surface area contributed by atoms with Gasteiger partial charge in [0.15, 0.2) is 0 Å². The summed E-state index contributed by atoms with van der Waals surface area (Å²) in [6.07, 6.45) is 16.9. The second kappa shape index (κ2) is 17.4. The first-order chi connectivity index (χ1) is 13.0. The average Bonchev–Trinajstić information content (AvgIpc) is 2.61. The van der Waals surface area contributed by atoms with E-state index < -0.39 is 5.69 Å². The Hall–Kier alpha value is 0.763. The van der Waals surface area contributed by atoms with E-state index in [9.17, 15) is 9.79 Å². The maximum atomic E-state index is 11.8. The molecular weight excluding hydrogens is 457 g/mol. The molecule has 0 saturated heterocycles. The van der Waals surface area contributed by atoms with Crippen molar-refractivity contribution >= 4 is 28.9 Å². The number of hydrogen-bond donors (Lipinski definition) is 0. The Morgan fingerprint density at radius 1 is 0.750 bits per heavy atom. The second-order valence-corrected chi connectivity index (χ2v) is 13.1. The molecule has 0 aliphatic rings. The summed E-state index contributed by atoms with van der Waals surface area (Å²) in [6, 6.07) is 6.26. The van der Waals surface area contributed by atoms with Gasteiger partial charge < -0.3 is 9.79 Å². The van der Waals surface area contributed by atoms with E-state index in [4.69, 9.17) is 11.8 Å². The fourth-order valence-corrected chi connectivity index (χ4v) is 6.30. The molecule has 1 aromatic carbocycles. The quantitative estimate of drug-likeness (QED) is 0.149. The molecule has 0 aliphatic heterocycles. The Morgan fingerprint density at radius 2 is 1.14 bits per heavy atom. The summed E-state index contributed by atoms with van der Waals surface area (Å²) in [5.74, 6) is 0. The molecule has 0 atom stereocenters. The summed E-state index contributed by atoms with van der Waals surface area (Å²) in [4.78, 5) is 24.5. The third kappa shape index (κ3) is 13.9. The first kappa shape index (κ1) is 28.8. The van der Waals surface area contributed by atoms with E-state index in [0.29, 0.717) is 0 Å². The van der Waals surface area contributed by atoms with Crippen LogP contribution < -0.4 is 9.79 Å². The Morgan fingerprint density at radius 3 is 1.54 bits per heavy atom. The van der Waals surface area contributed by atoms with Gasteiger partial charge in [0, 0.05) is 4.90 Å². The van der Waals surface area contributed by atoms with Crippen molar-refractivity contribution in [2.24, 2.45) is 0 Å². The Kier molecular flexibility index (Phi) is 17.9. The van der Waals surface area contributed by atoms with E-state index in [2.05, 4.69) is 32.0 Å². The van der Waals surface area contributed by atoms with Crippen LogP contribution in [0.1, 0.15) is 102 Å². The predicted octanol–water partition coefficient (Wildman–Crippen LogP) is 6.53. The minimum Gasteiger partial charge on any atom is -0.824 e. The smallest absolute Gasteiger partial charge is 0.824 e. The van der Waals surface area contributed by atoms with Gasteiger partial charge in [-0.3, -0.25) is 0 Å². The summed E-state index contributed by atoms with van der Waals surface area (Å²) in [6.45, 7) is 4.46. The van der Waals surface area contributed by atoms with E-state index in [1.54, 1.807) is 0 Å². The molecule has 28 heavy (non-hydrogen) atoms. The van der Waals surface area contributed by atoms with Crippen molar-refractivity contribution in [3.8, 4) is 0 Å². The van der Waals surface area contributed by atoms with Crippen LogP contribution in [0.15, 0.2) is 23.1 Å². The minimum atomic E-state index is -3.80. The van der Waals surface area contributed by atoms with Gasteiger partial charge in [-0.15, -0.1) is 23.2 Å². The van der Waals surface area contributed by atoms with Crippen LogP contribution in [-0.2, 0) is 44.1 Å². The molecule has 2 nitrogen and oxygen atoms in total. The average molecular weight is 494 g/mol. The van der Waals surface area contributed by atoms with E-state index >= 15 is 0 Å². The van der Waals surface area contributed by atoms with Crippen molar-refractivity contribution in [1.29, 1.82) is 0 Å². The molecular formula is C22H37O2PS2Zn. The fraction of sp³-hybridized carbons (Fsp3) is 0.727. The number of unbranched alkanes of at least 4 members (excludes halogenated alkanes) is 10. The fourth-order valence-electron chi connectivity index (χ4n) is 3.45. The van der Waals surface area contributed by atoms with Gasteiger partial charge in [-0.25, -0.2) is 0 Å². The van der Waals surface area contributed by atoms with Gasteiger partial charge in [0.1, 0.15) is 0 Å². The number of benzene rings is 1. The Balaban J connectivity index is 0.00000729. The summed E-state index contributed by atoms with van der Waals surface area (Å²) in [5, 5.41) is 0. The largest absolute Gasteiger partial charge is 2.00 e. The molecule has 0 bridgehead atoms. The molecule has 0 fully saturated rings. The van der Waals surface area contributed by atoms with E-state index in [1.807, 2.05) is 0 Å². The zero-order valence-electron chi connectivity index (χ0n) is 17.9. The molecule has 1 aromatic rings. The first-order valence-electron chi connectivity index (χ1n) is 10.8. The predicted molar refractivity (Wildman–Crippen MR) is 121 cm³/mol.